The lowest BCUT2D eigenvalue weighted by Crippen LogP contribution is -2.31. The van der Waals surface area contributed by atoms with E-state index in [0.717, 1.165) is 24.5 Å². The summed E-state index contributed by atoms with van der Waals surface area (Å²) in [5, 5.41) is 0. The summed E-state index contributed by atoms with van der Waals surface area (Å²) in [5.74, 6) is 1.71. The van der Waals surface area contributed by atoms with E-state index in [4.69, 9.17) is 9.05 Å². The lowest BCUT2D eigenvalue weighted by atomic mass is 9.80. The van der Waals surface area contributed by atoms with Crippen molar-refractivity contribution >= 4 is 8.53 Å². The number of hydrogen-bond donors (Lipinski definition) is 0. The second-order valence-electron chi connectivity index (χ2n) is 4.61. The van der Waals surface area contributed by atoms with E-state index < -0.39 is 8.53 Å². The van der Waals surface area contributed by atoms with Crippen molar-refractivity contribution in [3.05, 3.63) is 0 Å². The van der Waals surface area contributed by atoms with Crippen LogP contribution >= 0.6 is 8.53 Å². The van der Waals surface area contributed by atoms with Gasteiger partial charge in [-0.25, -0.2) is 4.67 Å². The van der Waals surface area contributed by atoms with Gasteiger partial charge in [0.2, 0.25) is 0 Å². The Kier molecular flexibility index (Phi) is 2.53. The maximum Gasteiger partial charge on any atom is 0.258 e. The molecule has 0 radical (unpaired) electrons. The van der Waals surface area contributed by atoms with Crippen LogP contribution < -0.4 is 0 Å². The summed E-state index contributed by atoms with van der Waals surface area (Å²) in [7, 11) is 1.08. The first kappa shape index (κ1) is 9.53. The molecule has 0 amide bonds. The van der Waals surface area contributed by atoms with Gasteiger partial charge in [0.25, 0.3) is 8.53 Å². The van der Waals surface area contributed by atoms with Crippen LogP contribution in [-0.2, 0) is 9.05 Å². The fraction of sp³-hybridized carbons (Fsp3) is 1.00. The summed E-state index contributed by atoms with van der Waals surface area (Å²) >= 11 is 0. The third-order valence-electron chi connectivity index (χ3n) is 3.96. The monoisotopic (exact) mass is 215 g/mol. The lowest BCUT2D eigenvalue weighted by molar-refractivity contribution is 0.171. The Hall–Kier alpha value is 0.310. The molecule has 0 aromatic carbocycles. The Morgan fingerprint density at radius 2 is 2.21 bits per heavy atom. The smallest absolute Gasteiger partial charge is 0.258 e. The predicted molar refractivity (Wildman–Crippen MR) is 55.8 cm³/mol. The van der Waals surface area contributed by atoms with E-state index in [9.17, 15) is 0 Å². The van der Waals surface area contributed by atoms with Crippen molar-refractivity contribution in [2.24, 2.45) is 11.8 Å². The maximum atomic E-state index is 5.77. The van der Waals surface area contributed by atoms with Gasteiger partial charge in [-0.2, -0.15) is 0 Å². The van der Waals surface area contributed by atoms with Crippen LogP contribution in [0, 0.1) is 11.8 Å². The molecule has 3 rings (SSSR count). The highest BCUT2D eigenvalue weighted by Crippen LogP contribution is 2.57. The van der Waals surface area contributed by atoms with E-state index >= 15 is 0 Å². The number of hydrogen-bond acceptors (Lipinski definition) is 3. The summed E-state index contributed by atoms with van der Waals surface area (Å²) < 4.78 is 13.7. The molecule has 0 N–H and O–H groups in total. The van der Waals surface area contributed by atoms with Crippen molar-refractivity contribution in [2.75, 3.05) is 20.3 Å². The average molecular weight is 215 g/mol. The van der Waals surface area contributed by atoms with Crippen molar-refractivity contribution in [2.45, 2.75) is 31.7 Å². The zero-order chi connectivity index (χ0) is 9.54. The molecule has 0 spiro atoms. The highest BCUT2D eigenvalue weighted by molar-refractivity contribution is 7.44. The largest absolute Gasteiger partial charge is 0.325 e. The molecule has 14 heavy (non-hydrogen) atoms. The van der Waals surface area contributed by atoms with Gasteiger partial charge in [-0.15, -0.1) is 0 Å². The van der Waals surface area contributed by atoms with Crippen molar-refractivity contribution in [1.29, 1.82) is 0 Å². The van der Waals surface area contributed by atoms with E-state index in [1.165, 1.54) is 32.2 Å². The number of nitrogens with zero attached hydrogens (tertiary/aromatic N) is 1. The molecule has 1 aliphatic carbocycles. The van der Waals surface area contributed by atoms with Crippen molar-refractivity contribution < 1.29 is 9.05 Å². The summed E-state index contributed by atoms with van der Waals surface area (Å²) in [6, 6.07) is 0.780. The minimum atomic E-state index is -0.702. The highest BCUT2D eigenvalue weighted by atomic mass is 31.2. The van der Waals surface area contributed by atoms with Crippen LogP contribution in [0.1, 0.15) is 25.7 Å². The van der Waals surface area contributed by atoms with Crippen LogP contribution in [0.25, 0.3) is 0 Å². The van der Waals surface area contributed by atoms with Crippen LogP contribution in [0.2, 0.25) is 0 Å². The summed E-state index contributed by atoms with van der Waals surface area (Å²) in [6.07, 6.45) is 5.61. The molecule has 2 heterocycles. The molecule has 2 bridgehead atoms. The Morgan fingerprint density at radius 3 is 3.07 bits per heavy atom. The first-order valence-electron chi connectivity index (χ1n) is 5.64. The van der Waals surface area contributed by atoms with Crippen LogP contribution in [0.4, 0.5) is 0 Å². The summed E-state index contributed by atoms with van der Waals surface area (Å²) in [4.78, 5) is 0. The first-order chi connectivity index (χ1) is 6.90. The number of rotatable bonds is 1. The SMILES string of the molecule is CO[P@]1OC[C@H]2CN1[C@H]1CCCC[C@@H]21. The third-order valence-corrected chi connectivity index (χ3v) is 5.52. The fourth-order valence-electron chi connectivity index (χ4n) is 3.33. The highest BCUT2D eigenvalue weighted by Gasteiger charge is 2.49. The standard InChI is InChI=1S/C10H18NO2P/c1-12-14-11-6-8(7-13-14)9-4-2-3-5-10(9)11/h8-10H,2-7H2,1H3/t8-,9+,10+,14-/m1/s1. The molecule has 2 saturated heterocycles. The molecule has 3 aliphatic rings. The van der Waals surface area contributed by atoms with Gasteiger partial charge >= 0.3 is 0 Å². The molecule has 0 aromatic rings. The Balaban J connectivity index is 1.81. The zero-order valence-electron chi connectivity index (χ0n) is 8.69. The van der Waals surface area contributed by atoms with Gasteiger partial charge in [-0.3, -0.25) is 0 Å². The van der Waals surface area contributed by atoms with Gasteiger partial charge in [0.1, 0.15) is 0 Å². The second-order valence-corrected chi connectivity index (χ2v) is 6.23. The van der Waals surface area contributed by atoms with Crippen LogP contribution in [0.5, 0.6) is 0 Å². The molecule has 3 nitrogen and oxygen atoms in total. The van der Waals surface area contributed by atoms with E-state index in [2.05, 4.69) is 4.67 Å². The normalized spacial score (nSPS) is 51.6. The van der Waals surface area contributed by atoms with Crippen molar-refractivity contribution in [3.63, 3.8) is 0 Å². The minimum Gasteiger partial charge on any atom is -0.325 e. The quantitative estimate of drug-likeness (QED) is 0.627. The molecule has 80 valence electrons. The van der Waals surface area contributed by atoms with Gasteiger partial charge in [0.05, 0.1) is 6.61 Å². The van der Waals surface area contributed by atoms with Gasteiger partial charge in [0, 0.05) is 25.6 Å². The van der Waals surface area contributed by atoms with E-state index in [1.54, 1.807) is 7.11 Å². The predicted octanol–water partition coefficient (Wildman–Crippen LogP) is 2.38. The molecular formula is C10H18NO2P. The zero-order valence-corrected chi connectivity index (χ0v) is 9.58. The topological polar surface area (TPSA) is 21.7 Å². The molecule has 2 aliphatic heterocycles. The summed E-state index contributed by atoms with van der Waals surface area (Å²) in [6.45, 7) is 2.17. The number of fused-ring (bicyclic) bond motifs is 5. The lowest BCUT2D eigenvalue weighted by Gasteiger charge is -2.33. The second kappa shape index (κ2) is 3.71. The molecule has 1 saturated carbocycles. The van der Waals surface area contributed by atoms with E-state index in [1.807, 2.05) is 0 Å². The maximum absolute atomic E-state index is 5.77. The van der Waals surface area contributed by atoms with Crippen LogP contribution in [-0.4, -0.2) is 31.0 Å². The van der Waals surface area contributed by atoms with Gasteiger partial charge in [-0.05, 0) is 18.8 Å². The fourth-order valence-corrected chi connectivity index (χ4v) is 4.98. The molecule has 0 aromatic heterocycles. The van der Waals surface area contributed by atoms with Gasteiger partial charge in [-0.1, -0.05) is 12.8 Å². The van der Waals surface area contributed by atoms with Gasteiger partial charge in [0.15, 0.2) is 0 Å². The average Bonchev–Trinajstić information content (AvgIpc) is 2.55. The molecule has 3 fully saturated rings. The van der Waals surface area contributed by atoms with Crippen LogP contribution in [0.3, 0.4) is 0 Å². The Morgan fingerprint density at radius 1 is 1.36 bits per heavy atom. The molecule has 5 atom stereocenters. The molecule has 4 heteroatoms. The molecular weight excluding hydrogens is 197 g/mol. The molecule has 1 unspecified atom stereocenters. The Labute approximate surface area is 86.7 Å². The van der Waals surface area contributed by atoms with Gasteiger partial charge < -0.3 is 9.05 Å². The van der Waals surface area contributed by atoms with Crippen molar-refractivity contribution in [3.8, 4) is 0 Å². The first-order valence-corrected chi connectivity index (χ1v) is 6.77. The minimum absolute atomic E-state index is 0.702. The van der Waals surface area contributed by atoms with Crippen LogP contribution in [0.15, 0.2) is 0 Å². The summed E-state index contributed by atoms with van der Waals surface area (Å²) in [5.41, 5.74) is 0. The van der Waals surface area contributed by atoms with Crippen molar-refractivity contribution in [1.82, 2.24) is 4.67 Å². The van der Waals surface area contributed by atoms with E-state index in [-0.39, 0.29) is 0 Å². The Bertz CT molecular complexity index is 226. The third kappa shape index (κ3) is 1.34. The van der Waals surface area contributed by atoms with E-state index in [0.29, 0.717) is 0 Å².